The SMILES string of the molecule is COc1cccc(Nc2cncc(C(=O)NCc3ccccc3F)c2)c1. The second kappa shape index (κ2) is 8.11. The zero-order valence-electron chi connectivity index (χ0n) is 14.2. The summed E-state index contributed by atoms with van der Waals surface area (Å²) in [7, 11) is 1.60. The Hall–Kier alpha value is -3.41. The Bertz CT molecular complexity index is 915. The summed E-state index contributed by atoms with van der Waals surface area (Å²) in [4.78, 5) is 16.4. The van der Waals surface area contributed by atoms with Crippen LogP contribution in [0.3, 0.4) is 0 Å². The van der Waals surface area contributed by atoms with E-state index in [4.69, 9.17) is 4.74 Å². The molecule has 0 aliphatic carbocycles. The van der Waals surface area contributed by atoms with E-state index in [9.17, 15) is 9.18 Å². The molecule has 2 N–H and O–H groups in total. The van der Waals surface area contributed by atoms with E-state index in [0.717, 1.165) is 11.4 Å². The van der Waals surface area contributed by atoms with Crippen LogP contribution in [-0.4, -0.2) is 18.0 Å². The molecule has 0 spiro atoms. The fraction of sp³-hybridized carbons (Fsp3) is 0.100. The van der Waals surface area contributed by atoms with Crippen LogP contribution in [0.1, 0.15) is 15.9 Å². The van der Waals surface area contributed by atoms with Crippen LogP contribution >= 0.6 is 0 Å². The smallest absolute Gasteiger partial charge is 0.253 e. The number of amides is 1. The van der Waals surface area contributed by atoms with Crippen molar-refractivity contribution in [1.29, 1.82) is 0 Å². The Morgan fingerprint density at radius 1 is 1.08 bits per heavy atom. The second-order valence-electron chi connectivity index (χ2n) is 5.59. The Morgan fingerprint density at radius 2 is 1.92 bits per heavy atom. The van der Waals surface area contributed by atoms with Crippen molar-refractivity contribution in [2.75, 3.05) is 12.4 Å². The highest BCUT2D eigenvalue weighted by atomic mass is 19.1. The largest absolute Gasteiger partial charge is 0.497 e. The fourth-order valence-electron chi connectivity index (χ4n) is 2.42. The maximum absolute atomic E-state index is 13.6. The first-order valence-electron chi connectivity index (χ1n) is 8.03. The quantitative estimate of drug-likeness (QED) is 0.707. The molecule has 0 atom stereocenters. The van der Waals surface area contributed by atoms with Crippen molar-refractivity contribution in [2.45, 2.75) is 6.54 Å². The molecular weight excluding hydrogens is 333 g/mol. The minimum Gasteiger partial charge on any atom is -0.497 e. The van der Waals surface area contributed by atoms with Gasteiger partial charge in [0.1, 0.15) is 11.6 Å². The van der Waals surface area contributed by atoms with Crippen molar-refractivity contribution in [3.63, 3.8) is 0 Å². The molecule has 132 valence electrons. The van der Waals surface area contributed by atoms with Crippen LogP contribution < -0.4 is 15.4 Å². The summed E-state index contributed by atoms with van der Waals surface area (Å²) < 4.78 is 18.8. The monoisotopic (exact) mass is 351 g/mol. The van der Waals surface area contributed by atoms with Gasteiger partial charge < -0.3 is 15.4 Å². The normalized spacial score (nSPS) is 10.2. The van der Waals surface area contributed by atoms with Gasteiger partial charge in [0.05, 0.1) is 24.6 Å². The molecule has 1 aromatic heterocycles. The maximum Gasteiger partial charge on any atom is 0.253 e. The molecule has 5 nitrogen and oxygen atoms in total. The molecule has 0 saturated carbocycles. The highest BCUT2D eigenvalue weighted by molar-refractivity contribution is 5.94. The summed E-state index contributed by atoms with van der Waals surface area (Å²) in [5, 5.41) is 5.87. The minimum atomic E-state index is -0.348. The van der Waals surface area contributed by atoms with Gasteiger partial charge in [0.2, 0.25) is 0 Å². The number of rotatable bonds is 6. The van der Waals surface area contributed by atoms with E-state index < -0.39 is 0 Å². The number of nitrogens with zero attached hydrogens (tertiary/aromatic N) is 1. The van der Waals surface area contributed by atoms with Crippen molar-refractivity contribution < 1.29 is 13.9 Å². The third-order valence-corrected chi connectivity index (χ3v) is 3.76. The van der Waals surface area contributed by atoms with E-state index in [2.05, 4.69) is 15.6 Å². The number of benzene rings is 2. The molecule has 0 radical (unpaired) electrons. The summed E-state index contributed by atoms with van der Waals surface area (Å²) in [5.74, 6) is 0.0520. The first-order valence-corrected chi connectivity index (χ1v) is 8.03. The summed E-state index contributed by atoms with van der Waals surface area (Å²) >= 11 is 0. The standard InChI is InChI=1S/C20H18FN3O2/c1-26-18-7-4-6-16(10-18)24-17-9-15(11-22-13-17)20(25)23-12-14-5-2-3-8-19(14)21/h2-11,13,24H,12H2,1H3,(H,23,25). The fourth-order valence-corrected chi connectivity index (χ4v) is 2.42. The summed E-state index contributed by atoms with van der Waals surface area (Å²) in [5.41, 5.74) is 2.29. The van der Waals surface area contributed by atoms with Gasteiger partial charge in [0, 0.05) is 30.1 Å². The van der Waals surface area contributed by atoms with Crippen molar-refractivity contribution >= 4 is 17.3 Å². The zero-order chi connectivity index (χ0) is 18.4. The number of methoxy groups -OCH3 is 1. The molecule has 2 aromatic carbocycles. The van der Waals surface area contributed by atoms with Gasteiger partial charge >= 0.3 is 0 Å². The topological polar surface area (TPSA) is 63.2 Å². The lowest BCUT2D eigenvalue weighted by Gasteiger charge is -2.10. The first kappa shape index (κ1) is 17.4. The average molecular weight is 351 g/mol. The van der Waals surface area contributed by atoms with E-state index in [0.29, 0.717) is 16.8 Å². The van der Waals surface area contributed by atoms with E-state index in [1.54, 1.807) is 37.6 Å². The summed E-state index contributed by atoms with van der Waals surface area (Å²) in [6.07, 6.45) is 3.08. The molecule has 0 saturated heterocycles. The Balaban J connectivity index is 1.68. The summed E-state index contributed by atoms with van der Waals surface area (Å²) in [6.45, 7) is 0.110. The lowest BCUT2D eigenvalue weighted by atomic mass is 10.2. The minimum absolute atomic E-state index is 0.110. The number of ether oxygens (including phenoxy) is 1. The number of hydrogen-bond donors (Lipinski definition) is 2. The number of pyridine rings is 1. The lowest BCUT2D eigenvalue weighted by Crippen LogP contribution is -2.23. The number of anilines is 2. The molecule has 3 aromatic rings. The van der Waals surface area contributed by atoms with E-state index in [1.165, 1.54) is 12.3 Å². The molecule has 26 heavy (non-hydrogen) atoms. The van der Waals surface area contributed by atoms with Gasteiger partial charge in [-0.25, -0.2) is 4.39 Å². The van der Waals surface area contributed by atoms with Crippen LogP contribution in [0.4, 0.5) is 15.8 Å². The Morgan fingerprint density at radius 3 is 2.73 bits per heavy atom. The predicted octanol–water partition coefficient (Wildman–Crippen LogP) is 3.90. The van der Waals surface area contributed by atoms with Gasteiger partial charge in [-0.1, -0.05) is 24.3 Å². The number of nitrogens with one attached hydrogen (secondary N) is 2. The van der Waals surface area contributed by atoms with E-state index >= 15 is 0 Å². The van der Waals surface area contributed by atoms with Crippen molar-refractivity contribution in [1.82, 2.24) is 10.3 Å². The highest BCUT2D eigenvalue weighted by Crippen LogP contribution is 2.21. The molecule has 1 amide bonds. The van der Waals surface area contributed by atoms with Crippen LogP contribution in [-0.2, 0) is 6.54 Å². The molecular formula is C20H18FN3O2. The van der Waals surface area contributed by atoms with Gasteiger partial charge in [-0.05, 0) is 24.3 Å². The number of aromatic nitrogens is 1. The van der Waals surface area contributed by atoms with Crippen molar-refractivity contribution in [2.24, 2.45) is 0 Å². The molecule has 3 rings (SSSR count). The van der Waals surface area contributed by atoms with Crippen LogP contribution in [0.2, 0.25) is 0 Å². The molecule has 0 aliphatic rings. The number of hydrogen-bond acceptors (Lipinski definition) is 4. The van der Waals surface area contributed by atoms with Gasteiger partial charge in [-0.15, -0.1) is 0 Å². The Kier molecular flexibility index (Phi) is 5.43. The molecule has 0 aliphatic heterocycles. The highest BCUT2D eigenvalue weighted by Gasteiger charge is 2.09. The van der Waals surface area contributed by atoms with Crippen LogP contribution in [0, 0.1) is 5.82 Å². The van der Waals surface area contributed by atoms with E-state index in [1.807, 2.05) is 24.3 Å². The predicted molar refractivity (Wildman–Crippen MR) is 98.1 cm³/mol. The van der Waals surface area contributed by atoms with Gasteiger partial charge in [0.15, 0.2) is 0 Å². The Labute approximate surface area is 150 Å². The van der Waals surface area contributed by atoms with Crippen LogP contribution in [0.5, 0.6) is 5.75 Å². The number of carbonyl (C=O) groups excluding carboxylic acids is 1. The summed E-state index contributed by atoms with van der Waals surface area (Å²) in [6, 6.07) is 15.4. The zero-order valence-corrected chi connectivity index (χ0v) is 14.2. The van der Waals surface area contributed by atoms with Gasteiger partial charge in [0.25, 0.3) is 5.91 Å². The van der Waals surface area contributed by atoms with Crippen LogP contribution in [0.25, 0.3) is 0 Å². The molecule has 0 bridgehead atoms. The van der Waals surface area contributed by atoms with Crippen molar-refractivity contribution in [3.8, 4) is 5.75 Å². The van der Waals surface area contributed by atoms with Crippen LogP contribution in [0.15, 0.2) is 67.0 Å². The molecule has 0 fully saturated rings. The number of halogens is 1. The molecule has 1 heterocycles. The third kappa shape index (κ3) is 4.36. The second-order valence-corrected chi connectivity index (χ2v) is 5.59. The number of carbonyl (C=O) groups is 1. The first-order chi connectivity index (χ1) is 12.7. The maximum atomic E-state index is 13.6. The molecule has 6 heteroatoms. The molecule has 0 unspecified atom stereocenters. The van der Waals surface area contributed by atoms with Crippen molar-refractivity contribution in [3.05, 3.63) is 83.9 Å². The van der Waals surface area contributed by atoms with Gasteiger partial charge in [-0.3, -0.25) is 9.78 Å². The lowest BCUT2D eigenvalue weighted by molar-refractivity contribution is 0.0950. The van der Waals surface area contributed by atoms with E-state index in [-0.39, 0.29) is 18.3 Å². The average Bonchev–Trinajstić information content (AvgIpc) is 2.67. The third-order valence-electron chi connectivity index (χ3n) is 3.76. The van der Waals surface area contributed by atoms with Gasteiger partial charge in [-0.2, -0.15) is 0 Å².